The number of benzene rings is 2. The highest BCUT2D eigenvalue weighted by Gasteiger charge is 2.32. The smallest absolute Gasteiger partial charge is 0.247 e. The first-order valence-electron chi connectivity index (χ1n) is 8.15. The lowest BCUT2D eigenvalue weighted by atomic mass is 10.1. The molecule has 6 heteroatoms. The normalized spacial score (nSPS) is 15.7. The van der Waals surface area contributed by atoms with E-state index >= 15 is 0 Å². The number of aryl methyl sites for hydroxylation is 1. The third kappa shape index (κ3) is 2.73. The molecular weight excluding hydrogens is 323 g/mol. The topological polar surface area (TPSA) is 49.9 Å². The van der Waals surface area contributed by atoms with Gasteiger partial charge >= 0.3 is 0 Å². The number of nitrogens with zero attached hydrogens (tertiary/aromatic N) is 2. The van der Waals surface area contributed by atoms with Crippen molar-refractivity contribution in [2.45, 2.75) is 13.3 Å². The Balaban J connectivity index is 1.59. The van der Waals surface area contributed by atoms with Crippen LogP contribution in [0.25, 0.3) is 0 Å². The van der Waals surface area contributed by atoms with Crippen LogP contribution in [0.15, 0.2) is 36.4 Å². The van der Waals surface area contributed by atoms with Gasteiger partial charge in [-0.3, -0.25) is 9.59 Å². The molecule has 2 amide bonds. The molecule has 2 aliphatic rings. The Hall–Kier alpha value is -2.89. The van der Waals surface area contributed by atoms with E-state index in [2.05, 4.69) is 0 Å². The molecule has 0 fully saturated rings. The molecule has 4 rings (SSSR count). The van der Waals surface area contributed by atoms with Gasteiger partial charge in [0, 0.05) is 5.69 Å². The zero-order valence-electron chi connectivity index (χ0n) is 13.8. The number of fused-ring (bicyclic) bond motifs is 2. The van der Waals surface area contributed by atoms with E-state index in [1.807, 2.05) is 25.1 Å². The van der Waals surface area contributed by atoms with Crippen LogP contribution in [0.2, 0.25) is 0 Å². The molecule has 0 spiro atoms. The van der Waals surface area contributed by atoms with Crippen LogP contribution in [0.3, 0.4) is 0 Å². The number of ether oxygens (including phenoxy) is 1. The second-order valence-corrected chi connectivity index (χ2v) is 6.29. The van der Waals surface area contributed by atoms with Gasteiger partial charge in [-0.2, -0.15) is 0 Å². The van der Waals surface area contributed by atoms with Crippen molar-refractivity contribution in [3.05, 3.63) is 53.3 Å². The van der Waals surface area contributed by atoms with Crippen LogP contribution < -0.4 is 14.5 Å². The number of rotatable bonds is 2. The van der Waals surface area contributed by atoms with Gasteiger partial charge in [-0.15, -0.1) is 0 Å². The second kappa shape index (κ2) is 5.88. The maximum absolute atomic E-state index is 13.3. The number of amides is 2. The standard InChI is InChI=1S/C19H17FN2O3/c1-12-2-4-16-17(8-12)25-7-6-21(16)19(24)11-22-15-5-3-14(20)9-13(15)10-18(22)23/h2-5,8-9H,6-7,10-11H2,1H3. The van der Waals surface area contributed by atoms with E-state index in [9.17, 15) is 14.0 Å². The summed E-state index contributed by atoms with van der Waals surface area (Å²) in [7, 11) is 0. The van der Waals surface area contributed by atoms with Crippen LogP contribution in [0, 0.1) is 12.7 Å². The van der Waals surface area contributed by atoms with Crippen LogP contribution in [0.5, 0.6) is 5.75 Å². The molecule has 0 N–H and O–H groups in total. The van der Waals surface area contributed by atoms with E-state index in [-0.39, 0.29) is 30.6 Å². The Morgan fingerprint density at radius 2 is 2.00 bits per heavy atom. The van der Waals surface area contributed by atoms with Crippen molar-refractivity contribution in [1.29, 1.82) is 0 Å². The lowest BCUT2D eigenvalue weighted by Gasteiger charge is -2.31. The Bertz CT molecular complexity index is 881. The third-order valence-electron chi connectivity index (χ3n) is 4.55. The summed E-state index contributed by atoms with van der Waals surface area (Å²) in [6.07, 6.45) is 0.124. The van der Waals surface area contributed by atoms with Crippen molar-refractivity contribution in [2.75, 3.05) is 29.5 Å². The molecule has 2 heterocycles. The lowest BCUT2D eigenvalue weighted by Crippen LogP contribution is -2.45. The first kappa shape index (κ1) is 15.6. The van der Waals surface area contributed by atoms with Crippen molar-refractivity contribution in [3.63, 3.8) is 0 Å². The molecule has 0 unspecified atom stereocenters. The highest BCUT2D eigenvalue weighted by atomic mass is 19.1. The van der Waals surface area contributed by atoms with E-state index in [4.69, 9.17) is 4.74 Å². The molecule has 0 atom stereocenters. The van der Waals surface area contributed by atoms with Gasteiger partial charge in [0.1, 0.15) is 24.7 Å². The van der Waals surface area contributed by atoms with Crippen molar-refractivity contribution < 1.29 is 18.7 Å². The summed E-state index contributed by atoms with van der Waals surface area (Å²) in [5, 5.41) is 0. The first-order chi connectivity index (χ1) is 12.0. The fourth-order valence-corrected chi connectivity index (χ4v) is 3.33. The van der Waals surface area contributed by atoms with Crippen LogP contribution >= 0.6 is 0 Å². The Morgan fingerprint density at radius 3 is 2.84 bits per heavy atom. The number of carbonyl (C=O) groups is 2. The highest BCUT2D eigenvalue weighted by molar-refractivity contribution is 6.08. The summed E-state index contributed by atoms with van der Waals surface area (Å²) in [6.45, 7) is 2.75. The highest BCUT2D eigenvalue weighted by Crippen LogP contribution is 2.34. The molecule has 0 saturated heterocycles. The summed E-state index contributed by atoms with van der Waals surface area (Å²) < 4.78 is 19.0. The van der Waals surface area contributed by atoms with Crippen LogP contribution in [0.4, 0.5) is 15.8 Å². The predicted octanol–water partition coefficient (Wildman–Crippen LogP) is 2.45. The molecular formula is C19H17FN2O3. The number of carbonyl (C=O) groups excluding carboxylic acids is 2. The van der Waals surface area contributed by atoms with Crippen LogP contribution in [0.1, 0.15) is 11.1 Å². The number of hydrogen-bond acceptors (Lipinski definition) is 3. The third-order valence-corrected chi connectivity index (χ3v) is 4.55. The van der Waals surface area contributed by atoms with Crippen molar-refractivity contribution in [2.24, 2.45) is 0 Å². The molecule has 0 aromatic heterocycles. The average Bonchev–Trinajstić information content (AvgIpc) is 2.88. The molecule has 2 aliphatic heterocycles. The molecule has 0 radical (unpaired) electrons. The minimum atomic E-state index is -0.378. The second-order valence-electron chi connectivity index (χ2n) is 6.29. The maximum atomic E-state index is 13.3. The summed E-state index contributed by atoms with van der Waals surface area (Å²) in [5.41, 5.74) is 3.00. The van der Waals surface area contributed by atoms with E-state index in [0.717, 1.165) is 5.56 Å². The first-order valence-corrected chi connectivity index (χ1v) is 8.15. The van der Waals surface area contributed by atoms with E-state index < -0.39 is 0 Å². The van der Waals surface area contributed by atoms with Gasteiger partial charge in [0.25, 0.3) is 0 Å². The van der Waals surface area contributed by atoms with Crippen LogP contribution in [-0.2, 0) is 16.0 Å². The minimum Gasteiger partial charge on any atom is -0.490 e. The molecule has 5 nitrogen and oxygen atoms in total. The minimum absolute atomic E-state index is 0.0647. The zero-order valence-corrected chi connectivity index (χ0v) is 13.8. The molecule has 0 bridgehead atoms. The van der Waals surface area contributed by atoms with Gasteiger partial charge < -0.3 is 14.5 Å². The molecule has 2 aromatic carbocycles. The summed E-state index contributed by atoms with van der Waals surface area (Å²) >= 11 is 0. The van der Waals surface area contributed by atoms with Gasteiger partial charge in [-0.1, -0.05) is 6.07 Å². The van der Waals surface area contributed by atoms with Gasteiger partial charge in [-0.05, 0) is 48.4 Å². The zero-order chi connectivity index (χ0) is 17.6. The Kier molecular flexibility index (Phi) is 3.67. The fraction of sp³-hybridized carbons (Fsp3) is 0.263. The average molecular weight is 340 g/mol. The number of hydrogen-bond donors (Lipinski definition) is 0. The maximum Gasteiger partial charge on any atom is 0.247 e. The van der Waals surface area contributed by atoms with Crippen molar-refractivity contribution in [3.8, 4) is 5.75 Å². The lowest BCUT2D eigenvalue weighted by molar-refractivity contribution is -0.121. The Morgan fingerprint density at radius 1 is 1.20 bits per heavy atom. The quantitative estimate of drug-likeness (QED) is 0.844. The van der Waals surface area contributed by atoms with Gasteiger partial charge in [0.05, 0.1) is 18.7 Å². The molecule has 25 heavy (non-hydrogen) atoms. The van der Waals surface area contributed by atoms with E-state index in [0.29, 0.717) is 35.8 Å². The molecule has 0 aliphatic carbocycles. The van der Waals surface area contributed by atoms with Gasteiger partial charge in [-0.25, -0.2) is 4.39 Å². The SMILES string of the molecule is Cc1ccc2c(c1)OCCN2C(=O)CN1C(=O)Cc2cc(F)ccc21. The van der Waals surface area contributed by atoms with E-state index in [1.54, 1.807) is 11.0 Å². The predicted molar refractivity (Wildman–Crippen MR) is 91.5 cm³/mol. The largest absolute Gasteiger partial charge is 0.490 e. The van der Waals surface area contributed by atoms with Crippen molar-refractivity contribution >= 4 is 23.2 Å². The molecule has 0 saturated carbocycles. The molecule has 2 aromatic rings. The van der Waals surface area contributed by atoms with Crippen LogP contribution in [-0.4, -0.2) is 31.5 Å². The summed E-state index contributed by atoms with van der Waals surface area (Å²) in [4.78, 5) is 28.2. The number of anilines is 2. The number of halogens is 1. The van der Waals surface area contributed by atoms with Crippen molar-refractivity contribution in [1.82, 2.24) is 0 Å². The van der Waals surface area contributed by atoms with Gasteiger partial charge in [0.2, 0.25) is 11.8 Å². The van der Waals surface area contributed by atoms with E-state index in [1.165, 1.54) is 17.0 Å². The Labute approximate surface area is 144 Å². The molecule has 128 valence electrons. The fourth-order valence-electron chi connectivity index (χ4n) is 3.33. The van der Waals surface area contributed by atoms with Gasteiger partial charge in [0.15, 0.2) is 0 Å². The summed E-state index contributed by atoms with van der Waals surface area (Å²) in [6, 6.07) is 9.89. The summed E-state index contributed by atoms with van der Waals surface area (Å²) in [5.74, 6) is -0.0720. The monoisotopic (exact) mass is 340 g/mol.